The van der Waals surface area contributed by atoms with Crippen molar-refractivity contribution in [3.63, 3.8) is 0 Å². The number of carbonyl (C=O) groups excluding carboxylic acids is 1. The van der Waals surface area contributed by atoms with Gasteiger partial charge in [0.1, 0.15) is 5.75 Å². The lowest BCUT2D eigenvalue weighted by Crippen LogP contribution is -2.35. The molecule has 162 valence electrons. The molecule has 0 unspecified atom stereocenters. The number of rotatable bonds is 4. The number of piperidine rings is 1. The average Bonchev–Trinajstić information content (AvgIpc) is 3.28. The minimum Gasteiger partial charge on any atom is -0.497 e. The number of halogens is 1. The highest BCUT2D eigenvalue weighted by Crippen LogP contribution is 2.28. The predicted molar refractivity (Wildman–Crippen MR) is 118 cm³/mol. The molecule has 3 aromatic heterocycles. The van der Waals surface area contributed by atoms with E-state index < -0.39 is 5.95 Å². The van der Waals surface area contributed by atoms with Crippen LogP contribution in [0.2, 0.25) is 0 Å². The maximum Gasteiger partial charge on any atom is 0.274 e. The zero-order valence-electron chi connectivity index (χ0n) is 17.7. The number of aromatic nitrogens is 4. The van der Waals surface area contributed by atoms with Crippen LogP contribution in [-0.2, 0) is 0 Å². The fraction of sp³-hybridized carbons (Fsp3) is 0.250. The number of methoxy groups -OCH3 is 1. The van der Waals surface area contributed by atoms with Gasteiger partial charge in [0, 0.05) is 42.5 Å². The van der Waals surface area contributed by atoms with Crippen LogP contribution in [0.25, 0.3) is 28.2 Å². The maximum atomic E-state index is 13.9. The second-order valence-corrected chi connectivity index (χ2v) is 7.77. The van der Waals surface area contributed by atoms with Crippen LogP contribution >= 0.6 is 0 Å². The van der Waals surface area contributed by atoms with Crippen LogP contribution in [0.3, 0.4) is 0 Å². The summed E-state index contributed by atoms with van der Waals surface area (Å²) in [6, 6.07) is 14.1. The lowest BCUT2D eigenvalue weighted by molar-refractivity contribution is 0.0718. The van der Waals surface area contributed by atoms with Crippen LogP contribution in [0, 0.1) is 5.95 Å². The van der Waals surface area contributed by atoms with E-state index in [2.05, 4.69) is 10.1 Å². The molecule has 4 heterocycles. The van der Waals surface area contributed by atoms with Gasteiger partial charge in [0.25, 0.3) is 5.91 Å². The minimum atomic E-state index is -0.588. The van der Waals surface area contributed by atoms with E-state index in [1.807, 2.05) is 35.2 Å². The molecule has 1 fully saturated rings. The normalized spacial score (nSPS) is 14.0. The van der Waals surface area contributed by atoms with Gasteiger partial charge in [-0.2, -0.15) is 9.49 Å². The number of fused-ring (bicyclic) bond motifs is 1. The second kappa shape index (κ2) is 8.37. The summed E-state index contributed by atoms with van der Waals surface area (Å²) in [5.74, 6) is 0.0494. The van der Waals surface area contributed by atoms with Gasteiger partial charge in [0.2, 0.25) is 5.95 Å². The molecule has 5 rings (SSSR count). The molecule has 8 heteroatoms. The molecule has 0 radical (unpaired) electrons. The Bertz CT molecular complexity index is 1280. The number of amides is 1. The zero-order valence-corrected chi connectivity index (χ0v) is 17.7. The second-order valence-electron chi connectivity index (χ2n) is 7.77. The van der Waals surface area contributed by atoms with Crippen molar-refractivity contribution in [2.24, 2.45) is 0 Å². The first-order valence-corrected chi connectivity index (χ1v) is 10.6. The molecule has 0 aliphatic carbocycles. The van der Waals surface area contributed by atoms with Crippen molar-refractivity contribution < 1.29 is 13.9 Å². The Labute approximate surface area is 184 Å². The first-order chi connectivity index (χ1) is 15.6. The van der Waals surface area contributed by atoms with Crippen molar-refractivity contribution in [3.8, 4) is 28.3 Å². The Balaban J connectivity index is 1.65. The van der Waals surface area contributed by atoms with Gasteiger partial charge in [-0.25, -0.2) is 14.5 Å². The molecule has 0 saturated carbocycles. The molecule has 7 nitrogen and oxygen atoms in total. The number of hydrogen-bond donors (Lipinski definition) is 0. The molecule has 1 saturated heterocycles. The Morgan fingerprint density at radius 3 is 2.50 bits per heavy atom. The lowest BCUT2D eigenvalue weighted by Gasteiger charge is -2.25. The Hall–Kier alpha value is -3.81. The van der Waals surface area contributed by atoms with Gasteiger partial charge >= 0.3 is 0 Å². The summed E-state index contributed by atoms with van der Waals surface area (Å²) < 4.78 is 20.7. The minimum absolute atomic E-state index is 0.104. The van der Waals surface area contributed by atoms with Gasteiger partial charge in [-0.15, -0.1) is 0 Å². The first-order valence-electron chi connectivity index (χ1n) is 10.6. The lowest BCUT2D eigenvalue weighted by atomic mass is 10.1. The van der Waals surface area contributed by atoms with Gasteiger partial charge in [-0.1, -0.05) is 0 Å². The van der Waals surface area contributed by atoms with E-state index in [-0.39, 0.29) is 5.91 Å². The van der Waals surface area contributed by atoms with E-state index in [9.17, 15) is 9.18 Å². The standard InChI is InChI=1S/C24H22FN5O2/c1-32-18-7-5-16(6-8-18)19-14-21(17-9-10-26-22(25)13-17)30-23(27-19)15-20(28-30)24(31)29-11-3-2-4-12-29/h5-10,13-15H,2-4,11-12H2,1H3. The fourth-order valence-electron chi connectivity index (χ4n) is 4.02. The number of likely N-dealkylation sites (tertiary alicyclic amines) is 1. The van der Waals surface area contributed by atoms with E-state index in [0.717, 1.165) is 43.7 Å². The number of nitrogens with zero attached hydrogens (tertiary/aromatic N) is 5. The van der Waals surface area contributed by atoms with Crippen LogP contribution in [-0.4, -0.2) is 50.6 Å². The SMILES string of the molecule is COc1ccc(-c2cc(-c3ccnc(F)c3)n3nc(C(=O)N4CCCCC4)cc3n2)cc1. The highest BCUT2D eigenvalue weighted by Gasteiger charge is 2.22. The third-order valence-corrected chi connectivity index (χ3v) is 5.70. The quantitative estimate of drug-likeness (QED) is 0.452. The molecule has 32 heavy (non-hydrogen) atoms. The van der Waals surface area contributed by atoms with Gasteiger partial charge < -0.3 is 9.64 Å². The van der Waals surface area contributed by atoms with Crippen LogP contribution in [0.1, 0.15) is 29.8 Å². The molecule has 1 aliphatic rings. The third kappa shape index (κ3) is 3.79. The van der Waals surface area contributed by atoms with Gasteiger partial charge in [0.15, 0.2) is 11.3 Å². The summed E-state index contributed by atoms with van der Waals surface area (Å²) in [5, 5.41) is 4.56. The van der Waals surface area contributed by atoms with E-state index >= 15 is 0 Å². The van der Waals surface area contributed by atoms with E-state index in [1.54, 1.807) is 23.8 Å². The molecule has 0 spiro atoms. The summed E-state index contributed by atoms with van der Waals surface area (Å²) in [7, 11) is 1.61. The molecular weight excluding hydrogens is 409 g/mol. The number of ether oxygens (including phenoxy) is 1. The average molecular weight is 431 g/mol. The van der Waals surface area contributed by atoms with Crippen LogP contribution in [0.15, 0.2) is 54.7 Å². The number of benzene rings is 1. The molecular formula is C24H22FN5O2. The largest absolute Gasteiger partial charge is 0.497 e. The summed E-state index contributed by atoms with van der Waals surface area (Å²) >= 11 is 0. The number of carbonyl (C=O) groups is 1. The van der Waals surface area contributed by atoms with Crippen LogP contribution in [0.4, 0.5) is 4.39 Å². The topological polar surface area (TPSA) is 72.6 Å². The molecule has 0 bridgehead atoms. The number of hydrogen-bond acceptors (Lipinski definition) is 5. The zero-order chi connectivity index (χ0) is 22.1. The van der Waals surface area contributed by atoms with Gasteiger partial charge in [0.05, 0.1) is 18.5 Å². The highest BCUT2D eigenvalue weighted by atomic mass is 19.1. The van der Waals surface area contributed by atoms with E-state index in [1.165, 1.54) is 12.3 Å². The molecule has 4 aromatic rings. The molecule has 0 atom stereocenters. The summed E-state index contributed by atoms with van der Waals surface area (Å²) in [6.07, 6.45) is 4.55. The first kappa shape index (κ1) is 20.1. The smallest absolute Gasteiger partial charge is 0.274 e. The fourth-order valence-corrected chi connectivity index (χ4v) is 4.02. The van der Waals surface area contributed by atoms with Crippen molar-refractivity contribution in [2.45, 2.75) is 19.3 Å². The molecule has 1 amide bonds. The monoisotopic (exact) mass is 431 g/mol. The van der Waals surface area contributed by atoms with Gasteiger partial charge in [-0.3, -0.25) is 4.79 Å². The summed E-state index contributed by atoms with van der Waals surface area (Å²) in [5.41, 5.74) is 3.63. The van der Waals surface area contributed by atoms with Crippen molar-refractivity contribution >= 4 is 11.6 Å². The number of pyridine rings is 1. The van der Waals surface area contributed by atoms with Crippen molar-refractivity contribution in [2.75, 3.05) is 20.2 Å². The summed E-state index contributed by atoms with van der Waals surface area (Å²) in [6.45, 7) is 1.47. The Morgan fingerprint density at radius 2 is 1.78 bits per heavy atom. The van der Waals surface area contributed by atoms with Crippen LogP contribution < -0.4 is 4.74 Å². The van der Waals surface area contributed by atoms with Gasteiger partial charge in [-0.05, 0) is 55.7 Å². The van der Waals surface area contributed by atoms with Crippen molar-refractivity contribution in [1.29, 1.82) is 0 Å². The highest BCUT2D eigenvalue weighted by molar-refractivity contribution is 5.93. The van der Waals surface area contributed by atoms with Crippen molar-refractivity contribution in [3.05, 3.63) is 66.4 Å². The molecule has 1 aliphatic heterocycles. The van der Waals surface area contributed by atoms with E-state index in [0.29, 0.717) is 28.3 Å². The summed E-state index contributed by atoms with van der Waals surface area (Å²) in [4.78, 5) is 23.3. The molecule has 1 aromatic carbocycles. The maximum absolute atomic E-state index is 13.9. The molecule has 0 N–H and O–H groups in total. The Kier molecular flexibility index (Phi) is 5.26. The van der Waals surface area contributed by atoms with Crippen molar-refractivity contribution in [1.82, 2.24) is 24.5 Å². The van der Waals surface area contributed by atoms with Crippen LogP contribution in [0.5, 0.6) is 5.75 Å². The third-order valence-electron chi connectivity index (χ3n) is 5.70. The Morgan fingerprint density at radius 1 is 1.00 bits per heavy atom. The predicted octanol–water partition coefficient (Wildman–Crippen LogP) is 4.23. The van der Waals surface area contributed by atoms with E-state index in [4.69, 9.17) is 9.72 Å².